The van der Waals surface area contributed by atoms with E-state index >= 15 is 0 Å². The number of carbonyl (C=O) groups is 1. The normalized spacial score (nSPS) is 14.2. The number of thioether (sulfide) groups is 1. The largest absolute Gasteiger partial charge is 0.467 e. The highest BCUT2D eigenvalue weighted by atomic mass is 35.5. The van der Waals surface area contributed by atoms with Gasteiger partial charge in [-0.1, -0.05) is 41.6 Å². The summed E-state index contributed by atoms with van der Waals surface area (Å²) in [6, 6.07) is 19.4. The first-order valence-electron chi connectivity index (χ1n) is 10.9. The minimum Gasteiger partial charge on any atom is -0.467 e. The van der Waals surface area contributed by atoms with Crippen LogP contribution in [0.4, 0.5) is 5.69 Å². The number of aromatic nitrogens is 3. The molecule has 0 N–H and O–H groups in total. The van der Waals surface area contributed by atoms with Crippen LogP contribution in [0.25, 0.3) is 11.4 Å². The Morgan fingerprint density at radius 3 is 2.73 bits per heavy atom. The molecule has 1 amide bonds. The lowest BCUT2D eigenvalue weighted by Crippen LogP contribution is -2.40. The maximum atomic E-state index is 13.4. The molecule has 0 spiro atoms. The van der Waals surface area contributed by atoms with Crippen molar-refractivity contribution in [1.82, 2.24) is 14.8 Å². The zero-order valence-electron chi connectivity index (χ0n) is 18.1. The fraction of sp³-hybridized carbons (Fsp3) is 0.240. The standard InChI is InChI=1S/C25H23ClN4O2S/c1-17(24(31)29-14-4-7-18-6-2-3-9-22(18)29)33-25-28-27-23(19-10-12-20(26)13-11-19)30(25)16-21-8-5-15-32-21/h2-3,5-6,8-13,15,17H,4,7,14,16H2,1H3. The SMILES string of the molecule is CC(Sc1nnc(-c2ccc(Cl)cc2)n1Cc1ccco1)C(=O)N1CCCc2ccccc21. The Morgan fingerprint density at radius 2 is 1.94 bits per heavy atom. The van der Waals surface area contributed by atoms with Crippen molar-refractivity contribution < 1.29 is 9.21 Å². The molecule has 8 heteroatoms. The number of fused-ring (bicyclic) bond motifs is 1. The third-order valence-electron chi connectivity index (χ3n) is 5.72. The topological polar surface area (TPSA) is 64.2 Å². The first kappa shape index (κ1) is 21.8. The second-order valence-electron chi connectivity index (χ2n) is 7.96. The van der Waals surface area contributed by atoms with Gasteiger partial charge < -0.3 is 9.32 Å². The Morgan fingerprint density at radius 1 is 1.12 bits per heavy atom. The van der Waals surface area contributed by atoms with Crippen LogP contribution in [0, 0.1) is 0 Å². The van der Waals surface area contributed by atoms with Crippen molar-refractivity contribution in [2.75, 3.05) is 11.4 Å². The van der Waals surface area contributed by atoms with Crippen LogP contribution >= 0.6 is 23.4 Å². The molecule has 6 nitrogen and oxygen atoms in total. The lowest BCUT2D eigenvalue weighted by Gasteiger charge is -2.31. The van der Waals surface area contributed by atoms with Crippen molar-refractivity contribution in [2.45, 2.75) is 36.7 Å². The highest BCUT2D eigenvalue weighted by molar-refractivity contribution is 8.00. The molecule has 1 unspecified atom stereocenters. The van der Waals surface area contributed by atoms with E-state index in [4.69, 9.17) is 16.0 Å². The number of benzene rings is 2. The summed E-state index contributed by atoms with van der Waals surface area (Å²) in [5.41, 5.74) is 3.13. The number of hydrogen-bond acceptors (Lipinski definition) is 5. The van der Waals surface area contributed by atoms with E-state index in [1.165, 1.54) is 17.3 Å². The zero-order valence-corrected chi connectivity index (χ0v) is 19.7. The Balaban J connectivity index is 1.43. The molecule has 4 aromatic rings. The number of furan rings is 1. The second kappa shape index (κ2) is 9.45. The molecular weight excluding hydrogens is 456 g/mol. The van der Waals surface area contributed by atoms with Crippen molar-refractivity contribution in [1.29, 1.82) is 0 Å². The lowest BCUT2D eigenvalue weighted by molar-refractivity contribution is -0.117. The molecule has 0 saturated carbocycles. The molecule has 0 radical (unpaired) electrons. The Kier molecular flexibility index (Phi) is 6.24. The van der Waals surface area contributed by atoms with Crippen LogP contribution in [0.5, 0.6) is 0 Å². The van der Waals surface area contributed by atoms with E-state index in [-0.39, 0.29) is 11.2 Å². The van der Waals surface area contributed by atoms with Crippen molar-refractivity contribution in [2.24, 2.45) is 0 Å². The van der Waals surface area contributed by atoms with E-state index in [9.17, 15) is 4.79 Å². The Labute approximate surface area is 201 Å². The van der Waals surface area contributed by atoms with E-state index in [1.807, 2.05) is 71.0 Å². The number of anilines is 1. The molecule has 1 atom stereocenters. The van der Waals surface area contributed by atoms with Crippen LogP contribution in [0.15, 0.2) is 76.5 Å². The number of para-hydroxylation sites is 1. The van der Waals surface area contributed by atoms with Gasteiger partial charge in [-0.15, -0.1) is 10.2 Å². The number of nitrogens with zero attached hydrogens (tertiary/aromatic N) is 4. The van der Waals surface area contributed by atoms with Crippen molar-refractivity contribution in [3.05, 3.63) is 83.3 Å². The molecule has 2 aromatic heterocycles. The maximum absolute atomic E-state index is 13.4. The first-order chi connectivity index (χ1) is 16.1. The van der Waals surface area contributed by atoms with Gasteiger partial charge in [0.1, 0.15) is 5.76 Å². The van der Waals surface area contributed by atoms with Gasteiger partial charge in [0, 0.05) is 22.8 Å². The minimum atomic E-state index is -0.325. The molecule has 0 fully saturated rings. The predicted molar refractivity (Wildman–Crippen MR) is 131 cm³/mol. The van der Waals surface area contributed by atoms with Gasteiger partial charge in [-0.3, -0.25) is 9.36 Å². The van der Waals surface area contributed by atoms with E-state index in [0.717, 1.165) is 36.4 Å². The highest BCUT2D eigenvalue weighted by Gasteiger charge is 2.28. The molecule has 5 rings (SSSR count). The fourth-order valence-corrected chi connectivity index (χ4v) is 5.12. The zero-order chi connectivity index (χ0) is 22.8. The van der Waals surface area contributed by atoms with Gasteiger partial charge in [0.15, 0.2) is 11.0 Å². The number of halogens is 1. The molecule has 0 saturated heterocycles. The summed E-state index contributed by atoms with van der Waals surface area (Å²) >= 11 is 7.49. The van der Waals surface area contributed by atoms with Crippen LogP contribution < -0.4 is 4.90 Å². The first-order valence-corrected chi connectivity index (χ1v) is 12.1. The van der Waals surface area contributed by atoms with Crippen LogP contribution in [0.2, 0.25) is 5.02 Å². The Bertz CT molecular complexity index is 1250. The van der Waals surface area contributed by atoms with E-state index in [0.29, 0.717) is 22.5 Å². The number of rotatable bonds is 6. The number of hydrogen-bond donors (Lipinski definition) is 0. The lowest BCUT2D eigenvalue weighted by atomic mass is 10.0. The van der Waals surface area contributed by atoms with E-state index in [2.05, 4.69) is 16.3 Å². The molecule has 1 aliphatic rings. The molecule has 2 aromatic carbocycles. The summed E-state index contributed by atoms with van der Waals surface area (Å²) in [7, 11) is 0. The van der Waals surface area contributed by atoms with Gasteiger partial charge in [0.25, 0.3) is 0 Å². The van der Waals surface area contributed by atoms with E-state index < -0.39 is 0 Å². The van der Waals surface area contributed by atoms with Gasteiger partial charge in [0.2, 0.25) is 5.91 Å². The highest BCUT2D eigenvalue weighted by Crippen LogP contribution is 2.32. The third kappa shape index (κ3) is 4.56. The second-order valence-corrected chi connectivity index (χ2v) is 9.71. The van der Waals surface area contributed by atoms with Crippen LogP contribution in [-0.2, 0) is 17.8 Å². The quantitative estimate of drug-likeness (QED) is 0.332. The Hall–Kier alpha value is -3.03. The summed E-state index contributed by atoms with van der Waals surface area (Å²) < 4.78 is 7.56. The summed E-state index contributed by atoms with van der Waals surface area (Å²) in [5, 5.41) is 9.88. The summed E-state index contributed by atoms with van der Waals surface area (Å²) in [4.78, 5) is 15.3. The average molecular weight is 479 g/mol. The van der Waals surface area contributed by atoms with Gasteiger partial charge in [0.05, 0.1) is 18.1 Å². The number of amides is 1. The average Bonchev–Trinajstić information content (AvgIpc) is 3.49. The van der Waals surface area contributed by atoms with Crippen LogP contribution in [-0.4, -0.2) is 32.5 Å². The molecular formula is C25H23ClN4O2S. The minimum absolute atomic E-state index is 0.0766. The van der Waals surface area contributed by atoms with Gasteiger partial charge >= 0.3 is 0 Å². The number of carbonyl (C=O) groups excluding carboxylic acids is 1. The molecule has 33 heavy (non-hydrogen) atoms. The van der Waals surface area contributed by atoms with E-state index in [1.54, 1.807) is 6.26 Å². The molecule has 1 aliphatic heterocycles. The van der Waals surface area contributed by atoms with Crippen LogP contribution in [0.3, 0.4) is 0 Å². The number of aryl methyl sites for hydroxylation is 1. The molecule has 3 heterocycles. The van der Waals surface area contributed by atoms with Gasteiger partial charge in [-0.05, 0) is 67.8 Å². The van der Waals surface area contributed by atoms with Crippen molar-refractivity contribution >= 4 is 35.0 Å². The summed E-state index contributed by atoms with van der Waals surface area (Å²) in [5.74, 6) is 1.57. The smallest absolute Gasteiger partial charge is 0.240 e. The van der Waals surface area contributed by atoms with Crippen LogP contribution in [0.1, 0.15) is 24.7 Å². The van der Waals surface area contributed by atoms with Gasteiger partial charge in [-0.2, -0.15) is 0 Å². The van der Waals surface area contributed by atoms with Gasteiger partial charge in [-0.25, -0.2) is 0 Å². The summed E-state index contributed by atoms with van der Waals surface area (Å²) in [6.07, 6.45) is 3.62. The molecule has 168 valence electrons. The third-order valence-corrected chi connectivity index (χ3v) is 7.04. The van der Waals surface area contributed by atoms with Crippen molar-refractivity contribution in [3.63, 3.8) is 0 Å². The predicted octanol–water partition coefficient (Wildman–Crippen LogP) is 5.70. The summed E-state index contributed by atoms with van der Waals surface area (Å²) in [6.45, 7) is 3.13. The fourth-order valence-electron chi connectivity index (χ4n) is 4.08. The van der Waals surface area contributed by atoms with Crippen molar-refractivity contribution in [3.8, 4) is 11.4 Å². The maximum Gasteiger partial charge on any atom is 0.240 e. The monoisotopic (exact) mass is 478 g/mol. The molecule has 0 aliphatic carbocycles. The molecule has 0 bridgehead atoms.